The number of imidazole rings is 1. The van der Waals surface area contributed by atoms with Crippen LogP contribution in [0.3, 0.4) is 0 Å². The van der Waals surface area contributed by atoms with E-state index in [0.29, 0.717) is 28.7 Å². The molecule has 0 saturated carbocycles. The largest absolute Gasteiger partial charge is 0.497 e. The Bertz CT molecular complexity index is 1560. The number of anilines is 1. The molecule has 0 bridgehead atoms. The summed E-state index contributed by atoms with van der Waals surface area (Å²) < 4.78 is 17.8. The third-order valence-corrected chi connectivity index (χ3v) is 6.26. The van der Waals surface area contributed by atoms with Crippen LogP contribution in [0, 0.1) is 0 Å². The van der Waals surface area contributed by atoms with Crippen LogP contribution in [0.2, 0.25) is 0 Å². The highest BCUT2D eigenvalue weighted by molar-refractivity contribution is 5.99. The van der Waals surface area contributed by atoms with Gasteiger partial charge in [0.1, 0.15) is 23.8 Å². The van der Waals surface area contributed by atoms with E-state index < -0.39 is 5.91 Å². The predicted octanol–water partition coefficient (Wildman–Crippen LogP) is 5.43. The number of rotatable bonds is 10. The van der Waals surface area contributed by atoms with Gasteiger partial charge in [-0.15, -0.1) is 0 Å². The average Bonchev–Trinajstić information content (AvgIpc) is 3.67. The zero-order valence-electron chi connectivity index (χ0n) is 22.1. The molecule has 2 aromatic heterocycles. The van der Waals surface area contributed by atoms with Gasteiger partial charge >= 0.3 is 0 Å². The molecule has 9 heteroatoms. The number of amides is 2. The van der Waals surface area contributed by atoms with Gasteiger partial charge in [0.05, 0.1) is 32.7 Å². The van der Waals surface area contributed by atoms with Gasteiger partial charge in [0.25, 0.3) is 5.91 Å². The number of nitrogens with one attached hydrogen (secondary N) is 1. The normalized spacial score (nSPS) is 10.7. The van der Waals surface area contributed by atoms with Gasteiger partial charge in [0, 0.05) is 23.0 Å². The number of hydrogen-bond donors (Lipinski definition) is 1. The number of hydrogen-bond acceptors (Lipinski definition) is 6. The molecule has 0 aliphatic heterocycles. The van der Waals surface area contributed by atoms with Crippen LogP contribution in [-0.2, 0) is 11.3 Å². The maximum absolute atomic E-state index is 13.4. The quantitative estimate of drug-likeness (QED) is 0.256. The first-order valence-electron chi connectivity index (χ1n) is 12.6. The van der Waals surface area contributed by atoms with Crippen molar-refractivity contribution in [3.63, 3.8) is 0 Å². The second kappa shape index (κ2) is 12.0. The van der Waals surface area contributed by atoms with E-state index in [0.717, 1.165) is 17.0 Å². The molecule has 2 amide bonds. The van der Waals surface area contributed by atoms with Crippen LogP contribution in [0.4, 0.5) is 5.95 Å². The van der Waals surface area contributed by atoms with Gasteiger partial charge in [-0.25, -0.2) is 4.98 Å². The lowest BCUT2D eigenvalue weighted by Gasteiger charge is -2.21. The molecular formula is C31H28N4O5. The summed E-state index contributed by atoms with van der Waals surface area (Å²) in [7, 11) is 3.21. The lowest BCUT2D eigenvalue weighted by molar-refractivity contribution is -0.117. The van der Waals surface area contributed by atoms with Crippen LogP contribution in [0.1, 0.15) is 16.1 Å². The minimum Gasteiger partial charge on any atom is -0.497 e. The number of methoxy groups -OCH3 is 2. The van der Waals surface area contributed by atoms with Crippen LogP contribution >= 0.6 is 0 Å². The van der Waals surface area contributed by atoms with Gasteiger partial charge in [0.2, 0.25) is 11.9 Å². The van der Waals surface area contributed by atoms with Crippen molar-refractivity contribution in [3.8, 4) is 28.4 Å². The van der Waals surface area contributed by atoms with E-state index in [1.54, 1.807) is 55.2 Å². The molecule has 0 aliphatic carbocycles. The summed E-state index contributed by atoms with van der Waals surface area (Å²) in [5.41, 5.74) is 2.75. The molecule has 1 N–H and O–H groups in total. The Morgan fingerprint density at radius 1 is 0.875 bits per heavy atom. The van der Waals surface area contributed by atoms with Crippen molar-refractivity contribution in [2.45, 2.75) is 6.54 Å². The topological polar surface area (TPSA) is 98.8 Å². The number of carbonyl (C=O) groups is 2. The Balaban J connectivity index is 1.43. The van der Waals surface area contributed by atoms with E-state index >= 15 is 0 Å². The summed E-state index contributed by atoms with van der Waals surface area (Å²) in [5.74, 6) is 1.62. The maximum atomic E-state index is 13.4. The second-order valence-corrected chi connectivity index (χ2v) is 8.90. The van der Waals surface area contributed by atoms with E-state index in [2.05, 4.69) is 5.32 Å². The lowest BCUT2D eigenvalue weighted by Crippen LogP contribution is -2.37. The molecule has 202 valence electrons. The number of furan rings is 1. The summed E-state index contributed by atoms with van der Waals surface area (Å²) in [6, 6.07) is 27.2. The molecule has 5 rings (SSSR count). The van der Waals surface area contributed by atoms with Crippen molar-refractivity contribution in [1.82, 2.24) is 14.5 Å². The van der Waals surface area contributed by atoms with Crippen LogP contribution in [0.25, 0.3) is 16.9 Å². The standard InChI is InChI=1S/C31H28N4O5/c1-38-25-14-10-22(11-15-25)28-20-35(24-12-16-26(39-2)17-13-24)31(32-28)33-29(36)21-34(19-27-9-6-18-40-27)30(37)23-7-4-3-5-8-23/h3-18,20H,19,21H2,1-2H3,(H,32,33,36). The van der Waals surface area contributed by atoms with E-state index in [4.69, 9.17) is 18.9 Å². The van der Waals surface area contributed by atoms with Crippen molar-refractivity contribution < 1.29 is 23.5 Å². The minimum absolute atomic E-state index is 0.137. The average molecular weight is 537 g/mol. The Kier molecular flexibility index (Phi) is 7.92. The smallest absolute Gasteiger partial charge is 0.254 e. The Labute approximate surface area is 231 Å². The SMILES string of the molecule is COc1ccc(-c2cn(-c3ccc(OC)cc3)c(NC(=O)CN(Cc3ccco3)C(=O)c3ccccc3)n2)cc1. The molecule has 3 aromatic carbocycles. The fourth-order valence-corrected chi connectivity index (χ4v) is 4.20. The van der Waals surface area contributed by atoms with Gasteiger partial charge < -0.3 is 18.8 Å². The first-order valence-corrected chi connectivity index (χ1v) is 12.6. The number of benzene rings is 3. The van der Waals surface area contributed by atoms with Gasteiger partial charge in [-0.1, -0.05) is 18.2 Å². The Hall–Kier alpha value is -5.31. The van der Waals surface area contributed by atoms with E-state index in [1.807, 2.05) is 60.8 Å². The van der Waals surface area contributed by atoms with Crippen LogP contribution in [-0.4, -0.2) is 47.0 Å². The van der Waals surface area contributed by atoms with Gasteiger partial charge in [-0.2, -0.15) is 0 Å². The molecule has 9 nitrogen and oxygen atoms in total. The highest BCUT2D eigenvalue weighted by atomic mass is 16.5. The summed E-state index contributed by atoms with van der Waals surface area (Å²) in [5, 5.41) is 2.90. The molecule has 0 radical (unpaired) electrons. The molecular weight excluding hydrogens is 508 g/mol. The van der Waals surface area contributed by atoms with Crippen LogP contribution in [0.15, 0.2) is 108 Å². The highest BCUT2D eigenvalue weighted by Gasteiger charge is 2.22. The zero-order chi connectivity index (χ0) is 27.9. The second-order valence-electron chi connectivity index (χ2n) is 8.90. The lowest BCUT2D eigenvalue weighted by atomic mass is 10.1. The summed E-state index contributed by atoms with van der Waals surface area (Å²) >= 11 is 0. The summed E-state index contributed by atoms with van der Waals surface area (Å²) in [6.07, 6.45) is 3.38. The first-order chi connectivity index (χ1) is 19.5. The van der Waals surface area contributed by atoms with Crippen molar-refractivity contribution in [2.75, 3.05) is 26.1 Å². The minimum atomic E-state index is -0.405. The van der Waals surface area contributed by atoms with Crippen molar-refractivity contribution in [1.29, 1.82) is 0 Å². The van der Waals surface area contributed by atoms with E-state index in [1.165, 1.54) is 11.2 Å². The van der Waals surface area contributed by atoms with Gasteiger partial charge in [-0.3, -0.25) is 19.5 Å². The van der Waals surface area contributed by atoms with Crippen LogP contribution in [0.5, 0.6) is 11.5 Å². The van der Waals surface area contributed by atoms with Gasteiger partial charge in [-0.05, 0) is 72.8 Å². The molecule has 5 aromatic rings. The first kappa shape index (κ1) is 26.3. The van der Waals surface area contributed by atoms with E-state index in [-0.39, 0.29) is 19.0 Å². The third-order valence-electron chi connectivity index (χ3n) is 6.26. The highest BCUT2D eigenvalue weighted by Crippen LogP contribution is 2.27. The van der Waals surface area contributed by atoms with Crippen molar-refractivity contribution >= 4 is 17.8 Å². The monoisotopic (exact) mass is 536 g/mol. The summed E-state index contributed by atoms with van der Waals surface area (Å²) in [6.45, 7) is -0.0695. The molecule has 0 spiro atoms. The van der Waals surface area contributed by atoms with Gasteiger partial charge in [0.15, 0.2) is 0 Å². The number of aromatic nitrogens is 2. The van der Waals surface area contributed by atoms with Crippen molar-refractivity contribution in [2.24, 2.45) is 0 Å². The molecule has 0 saturated heterocycles. The zero-order valence-corrected chi connectivity index (χ0v) is 22.1. The Morgan fingerprint density at radius 2 is 1.55 bits per heavy atom. The number of ether oxygens (including phenoxy) is 2. The van der Waals surface area contributed by atoms with Crippen molar-refractivity contribution in [3.05, 3.63) is 115 Å². The molecule has 0 fully saturated rings. The molecule has 0 atom stereocenters. The third kappa shape index (κ3) is 6.05. The van der Waals surface area contributed by atoms with Crippen LogP contribution < -0.4 is 14.8 Å². The predicted molar refractivity (Wildman–Crippen MR) is 151 cm³/mol. The molecule has 40 heavy (non-hydrogen) atoms. The Morgan fingerprint density at radius 3 is 2.17 bits per heavy atom. The fraction of sp³-hybridized carbons (Fsp3) is 0.129. The maximum Gasteiger partial charge on any atom is 0.254 e. The molecule has 0 unspecified atom stereocenters. The molecule has 2 heterocycles. The number of carbonyl (C=O) groups excluding carboxylic acids is 2. The van der Waals surface area contributed by atoms with E-state index in [9.17, 15) is 9.59 Å². The molecule has 0 aliphatic rings. The number of nitrogens with zero attached hydrogens (tertiary/aromatic N) is 3. The summed E-state index contributed by atoms with van der Waals surface area (Å²) in [4.78, 5) is 32.8. The fourth-order valence-electron chi connectivity index (χ4n) is 4.20.